The Morgan fingerprint density at radius 3 is 2.68 bits per heavy atom. The largest absolute Gasteiger partial charge is 0.464 e. The van der Waals surface area contributed by atoms with E-state index < -0.39 is 0 Å². The Morgan fingerprint density at radius 2 is 2.05 bits per heavy atom. The number of para-hydroxylation sites is 1. The van der Waals surface area contributed by atoms with Gasteiger partial charge in [-0.15, -0.1) is 0 Å². The van der Waals surface area contributed by atoms with E-state index in [4.69, 9.17) is 10.3 Å². The minimum Gasteiger partial charge on any atom is -0.464 e. The molecule has 0 aliphatic carbocycles. The number of amides is 1. The first-order valence-corrected chi connectivity index (χ1v) is 5.98. The fourth-order valence-corrected chi connectivity index (χ4v) is 1.93. The Morgan fingerprint density at radius 1 is 1.37 bits per heavy atom. The number of nitrogens with two attached hydrogens (primary N) is 1. The van der Waals surface area contributed by atoms with Gasteiger partial charge >= 0.3 is 0 Å². The third kappa shape index (κ3) is 2.95. The van der Waals surface area contributed by atoms with E-state index in [0.717, 1.165) is 11.4 Å². The first kappa shape index (κ1) is 13.2. The molecular formula is C14H17N3O2. The minimum absolute atomic E-state index is 0.338. The van der Waals surface area contributed by atoms with E-state index in [-0.39, 0.29) is 5.91 Å². The Bertz CT molecular complexity index is 563. The van der Waals surface area contributed by atoms with E-state index in [9.17, 15) is 4.79 Å². The second kappa shape index (κ2) is 5.58. The lowest BCUT2D eigenvalue weighted by molar-refractivity contribution is 0.0952. The molecule has 19 heavy (non-hydrogen) atoms. The molecule has 5 heteroatoms. The number of nitrogens with zero attached hydrogens (tertiary/aromatic N) is 1. The van der Waals surface area contributed by atoms with Crippen molar-refractivity contribution in [2.24, 2.45) is 5.84 Å². The summed E-state index contributed by atoms with van der Waals surface area (Å²) in [6.07, 6.45) is 0. The maximum Gasteiger partial charge on any atom is 0.268 e. The molecule has 1 aromatic heterocycles. The van der Waals surface area contributed by atoms with Gasteiger partial charge in [-0.1, -0.05) is 18.2 Å². The van der Waals surface area contributed by atoms with Crippen LogP contribution in [-0.2, 0) is 6.54 Å². The van der Waals surface area contributed by atoms with Gasteiger partial charge in [0, 0.05) is 12.7 Å². The number of hydrazine groups is 1. The van der Waals surface area contributed by atoms with Gasteiger partial charge in [-0.3, -0.25) is 10.2 Å². The van der Waals surface area contributed by atoms with Crippen molar-refractivity contribution in [3.63, 3.8) is 0 Å². The second-order valence-corrected chi connectivity index (χ2v) is 4.35. The number of benzene rings is 1. The van der Waals surface area contributed by atoms with Crippen LogP contribution in [0.3, 0.4) is 0 Å². The van der Waals surface area contributed by atoms with E-state index in [1.165, 1.54) is 0 Å². The van der Waals surface area contributed by atoms with Gasteiger partial charge < -0.3 is 9.32 Å². The van der Waals surface area contributed by atoms with Crippen molar-refractivity contribution < 1.29 is 9.21 Å². The Hall–Kier alpha value is -2.27. The Kier molecular flexibility index (Phi) is 3.87. The Labute approximate surface area is 112 Å². The van der Waals surface area contributed by atoms with Crippen LogP contribution in [0.2, 0.25) is 0 Å². The van der Waals surface area contributed by atoms with Gasteiger partial charge in [0.05, 0.1) is 12.1 Å². The summed E-state index contributed by atoms with van der Waals surface area (Å²) < 4.78 is 5.57. The first-order valence-electron chi connectivity index (χ1n) is 5.98. The summed E-state index contributed by atoms with van der Waals surface area (Å²) in [6.45, 7) is 2.33. The van der Waals surface area contributed by atoms with Crippen LogP contribution in [-0.4, -0.2) is 13.0 Å². The van der Waals surface area contributed by atoms with E-state index >= 15 is 0 Å². The van der Waals surface area contributed by atoms with Gasteiger partial charge in [-0.05, 0) is 25.1 Å². The Balaban J connectivity index is 2.14. The molecule has 0 aliphatic rings. The normalized spacial score (nSPS) is 10.3. The molecule has 1 amide bonds. The predicted molar refractivity (Wildman–Crippen MR) is 73.6 cm³/mol. The van der Waals surface area contributed by atoms with E-state index in [0.29, 0.717) is 17.9 Å². The lowest BCUT2D eigenvalue weighted by atomic mass is 10.2. The highest BCUT2D eigenvalue weighted by atomic mass is 16.3. The van der Waals surface area contributed by atoms with Gasteiger partial charge in [0.1, 0.15) is 11.5 Å². The highest BCUT2D eigenvalue weighted by molar-refractivity contribution is 5.94. The SMILES string of the molecule is Cc1oc(CN(C)c2ccccc2)cc1C(=O)NN. The van der Waals surface area contributed by atoms with E-state index in [1.54, 1.807) is 13.0 Å². The zero-order valence-electron chi connectivity index (χ0n) is 11.0. The molecule has 0 saturated carbocycles. The van der Waals surface area contributed by atoms with Crippen LogP contribution < -0.4 is 16.2 Å². The average molecular weight is 259 g/mol. The molecule has 2 aromatic rings. The third-order valence-corrected chi connectivity index (χ3v) is 2.93. The van der Waals surface area contributed by atoms with Crippen LogP contribution in [0.4, 0.5) is 5.69 Å². The number of carbonyl (C=O) groups excluding carboxylic acids is 1. The third-order valence-electron chi connectivity index (χ3n) is 2.93. The van der Waals surface area contributed by atoms with Gasteiger partial charge in [0.2, 0.25) is 0 Å². The molecule has 0 radical (unpaired) electrons. The quantitative estimate of drug-likeness (QED) is 0.499. The highest BCUT2D eigenvalue weighted by Gasteiger charge is 2.14. The number of hydrogen-bond donors (Lipinski definition) is 2. The maximum atomic E-state index is 11.5. The van der Waals surface area contributed by atoms with Crippen LogP contribution in [0.25, 0.3) is 0 Å². The predicted octanol–water partition coefficient (Wildman–Crippen LogP) is 1.83. The average Bonchev–Trinajstić information content (AvgIpc) is 2.79. The summed E-state index contributed by atoms with van der Waals surface area (Å²) in [5.74, 6) is 6.08. The van der Waals surface area contributed by atoms with Crippen molar-refractivity contribution in [3.8, 4) is 0 Å². The lowest BCUT2D eigenvalue weighted by Gasteiger charge is -2.17. The molecule has 0 unspecified atom stereocenters. The molecule has 0 saturated heterocycles. The smallest absolute Gasteiger partial charge is 0.268 e. The lowest BCUT2D eigenvalue weighted by Crippen LogP contribution is -2.30. The zero-order chi connectivity index (χ0) is 13.8. The molecule has 2 rings (SSSR count). The molecule has 1 heterocycles. The van der Waals surface area contributed by atoms with Crippen molar-refractivity contribution in [1.82, 2.24) is 5.43 Å². The second-order valence-electron chi connectivity index (χ2n) is 4.35. The summed E-state index contributed by atoms with van der Waals surface area (Å²) in [5, 5.41) is 0. The van der Waals surface area contributed by atoms with Crippen molar-refractivity contribution in [3.05, 3.63) is 53.5 Å². The molecule has 1 aromatic carbocycles. The molecule has 0 bridgehead atoms. The molecule has 3 N–H and O–H groups in total. The molecular weight excluding hydrogens is 242 g/mol. The number of aryl methyl sites for hydroxylation is 1. The van der Waals surface area contributed by atoms with Crippen molar-refractivity contribution in [2.75, 3.05) is 11.9 Å². The number of nitrogens with one attached hydrogen (secondary N) is 1. The summed E-state index contributed by atoms with van der Waals surface area (Å²) in [4.78, 5) is 13.5. The summed E-state index contributed by atoms with van der Waals surface area (Å²) in [6, 6.07) is 11.7. The number of carbonyl (C=O) groups is 1. The molecule has 100 valence electrons. The van der Waals surface area contributed by atoms with Crippen LogP contribution in [0.1, 0.15) is 21.9 Å². The van der Waals surface area contributed by atoms with Crippen molar-refractivity contribution in [2.45, 2.75) is 13.5 Å². The van der Waals surface area contributed by atoms with E-state index in [2.05, 4.69) is 5.43 Å². The van der Waals surface area contributed by atoms with Crippen molar-refractivity contribution >= 4 is 11.6 Å². The van der Waals surface area contributed by atoms with Gasteiger partial charge in [0.15, 0.2) is 0 Å². The van der Waals surface area contributed by atoms with E-state index in [1.807, 2.05) is 42.3 Å². The number of hydrogen-bond acceptors (Lipinski definition) is 4. The summed E-state index contributed by atoms with van der Waals surface area (Å²) in [5.41, 5.74) is 3.66. The fraction of sp³-hybridized carbons (Fsp3) is 0.214. The van der Waals surface area contributed by atoms with Gasteiger partial charge in [-0.25, -0.2) is 5.84 Å². The number of anilines is 1. The molecule has 0 atom stereocenters. The van der Waals surface area contributed by atoms with Crippen LogP contribution in [0.5, 0.6) is 0 Å². The number of furan rings is 1. The summed E-state index contributed by atoms with van der Waals surface area (Å²) in [7, 11) is 1.97. The van der Waals surface area contributed by atoms with Crippen LogP contribution in [0, 0.1) is 6.92 Å². The maximum absolute atomic E-state index is 11.5. The molecule has 5 nitrogen and oxygen atoms in total. The van der Waals surface area contributed by atoms with Crippen molar-refractivity contribution in [1.29, 1.82) is 0 Å². The molecule has 0 aliphatic heterocycles. The molecule has 0 spiro atoms. The standard InChI is InChI=1S/C14H17N3O2/c1-10-13(14(18)16-15)8-12(19-10)9-17(2)11-6-4-3-5-7-11/h3-8H,9,15H2,1-2H3,(H,16,18). The first-order chi connectivity index (χ1) is 9.11. The van der Waals surface area contributed by atoms with Crippen LogP contribution >= 0.6 is 0 Å². The van der Waals surface area contributed by atoms with Crippen LogP contribution in [0.15, 0.2) is 40.8 Å². The number of nitrogen functional groups attached to an aromatic ring is 1. The molecule has 0 fully saturated rings. The monoisotopic (exact) mass is 259 g/mol. The zero-order valence-corrected chi connectivity index (χ0v) is 11.0. The van der Waals surface area contributed by atoms with Gasteiger partial charge in [0.25, 0.3) is 5.91 Å². The number of rotatable bonds is 4. The topological polar surface area (TPSA) is 71.5 Å². The minimum atomic E-state index is -0.338. The summed E-state index contributed by atoms with van der Waals surface area (Å²) >= 11 is 0. The van der Waals surface area contributed by atoms with Gasteiger partial charge in [-0.2, -0.15) is 0 Å². The highest BCUT2D eigenvalue weighted by Crippen LogP contribution is 2.19. The fourth-order valence-electron chi connectivity index (χ4n) is 1.93.